The highest BCUT2D eigenvalue weighted by Crippen LogP contribution is 2.30. The second-order valence-corrected chi connectivity index (χ2v) is 9.06. The van der Waals surface area contributed by atoms with Crippen LogP contribution in [-0.4, -0.2) is 36.9 Å². The fraction of sp³-hybridized carbons (Fsp3) is 0.304. The predicted octanol–water partition coefficient (Wildman–Crippen LogP) is 3.41. The van der Waals surface area contributed by atoms with Gasteiger partial charge in [0.05, 0.1) is 21.8 Å². The Hall–Kier alpha value is -3.13. The summed E-state index contributed by atoms with van der Waals surface area (Å²) < 4.78 is 3.54. The van der Waals surface area contributed by atoms with Crippen LogP contribution in [0.5, 0.6) is 0 Å². The molecule has 3 heterocycles. The minimum atomic E-state index is -0.227. The lowest BCUT2D eigenvalue weighted by atomic mass is 10.1. The predicted molar refractivity (Wildman–Crippen MR) is 122 cm³/mol. The van der Waals surface area contributed by atoms with Crippen LogP contribution in [0.4, 0.5) is 0 Å². The van der Waals surface area contributed by atoms with Gasteiger partial charge in [-0.1, -0.05) is 42.4 Å². The van der Waals surface area contributed by atoms with Gasteiger partial charge < -0.3 is 5.32 Å². The number of rotatable bonds is 3. The molecule has 0 bridgehead atoms. The van der Waals surface area contributed by atoms with E-state index < -0.39 is 0 Å². The summed E-state index contributed by atoms with van der Waals surface area (Å²) in [5.41, 5.74) is 3.51. The molecular weight excluding hydrogens is 410 g/mol. The minimum Gasteiger partial charge on any atom is -0.355 e. The van der Waals surface area contributed by atoms with Gasteiger partial charge in [-0.25, -0.2) is 4.57 Å². The molecule has 1 N–H and O–H groups in total. The maximum atomic E-state index is 13.5. The molecule has 1 saturated heterocycles. The van der Waals surface area contributed by atoms with Crippen molar-refractivity contribution in [2.45, 2.75) is 43.5 Å². The maximum absolute atomic E-state index is 13.5. The fourth-order valence-corrected chi connectivity index (χ4v) is 5.20. The van der Waals surface area contributed by atoms with Crippen molar-refractivity contribution < 1.29 is 4.79 Å². The van der Waals surface area contributed by atoms with Crippen LogP contribution in [0, 0.1) is 13.8 Å². The molecule has 4 aromatic rings. The van der Waals surface area contributed by atoms with Crippen LogP contribution < -0.4 is 10.9 Å². The molecule has 8 heteroatoms. The lowest BCUT2D eigenvalue weighted by Gasteiger charge is -2.15. The monoisotopic (exact) mass is 433 g/mol. The van der Waals surface area contributed by atoms with Crippen LogP contribution >= 0.6 is 11.8 Å². The van der Waals surface area contributed by atoms with E-state index in [1.54, 1.807) is 4.57 Å². The Morgan fingerprint density at radius 1 is 1.03 bits per heavy atom. The fourth-order valence-electron chi connectivity index (χ4n) is 4.10. The quantitative estimate of drug-likeness (QED) is 0.536. The summed E-state index contributed by atoms with van der Waals surface area (Å²) in [6.07, 6.45) is 2.76. The van der Waals surface area contributed by atoms with Crippen molar-refractivity contribution in [3.05, 3.63) is 63.9 Å². The summed E-state index contributed by atoms with van der Waals surface area (Å²) in [5, 5.41) is 12.8. The normalized spacial score (nSPS) is 17.1. The van der Waals surface area contributed by atoms with Gasteiger partial charge in [0.15, 0.2) is 5.16 Å². The molecule has 1 aliphatic rings. The molecule has 5 rings (SSSR count). The molecule has 2 aromatic heterocycles. The highest BCUT2D eigenvalue weighted by Gasteiger charge is 2.26. The molecule has 1 fully saturated rings. The van der Waals surface area contributed by atoms with Crippen LogP contribution in [0.2, 0.25) is 0 Å². The average Bonchev–Trinajstić information content (AvgIpc) is 3.07. The first-order valence-electron chi connectivity index (χ1n) is 10.5. The molecule has 0 saturated carbocycles. The van der Waals surface area contributed by atoms with Gasteiger partial charge in [-0.3, -0.25) is 14.0 Å². The lowest BCUT2D eigenvalue weighted by Crippen LogP contribution is -2.30. The van der Waals surface area contributed by atoms with E-state index in [1.807, 2.05) is 60.7 Å². The van der Waals surface area contributed by atoms with E-state index in [1.165, 1.54) is 11.8 Å². The number of carbonyl (C=O) groups is 1. The van der Waals surface area contributed by atoms with Crippen LogP contribution in [0.3, 0.4) is 0 Å². The molecule has 0 radical (unpaired) electrons. The second-order valence-electron chi connectivity index (χ2n) is 7.89. The Morgan fingerprint density at radius 2 is 1.87 bits per heavy atom. The van der Waals surface area contributed by atoms with Crippen molar-refractivity contribution in [1.82, 2.24) is 24.5 Å². The van der Waals surface area contributed by atoms with Gasteiger partial charge in [0.25, 0.3) is 5.56 Å². The average molecular weight is 434 g/mol. The van der Waals surface area contributed by atoms with Crippen LogP contribution in [-0.2, 0) is 4.79 Å². The topological polar surface area (TPSA) is 81.3 Å². The molecular formula is C23H23N5O2S. The summed E-state index contributed by atoms with van der Waals surface area (Å²) in [6, 6.07) is 13.4. The first-order valence-corrected chi connectivity index (χ1v) is 11.3. The van der Waals surface area contributed by atoms with Gasteiger partial charge in [0.1, 0.15) is 0 Å². The Morgan fingerprint density at radius 3 is 2.74 bits per heavy atom. The van der Waals surface area contributed by atoms with Gasteiger partial charge in [0.2, 0.25) is 11.7 Å². The Labute approximate surface area is 183 Å². The third kappa shape index (κ3) is 3.31. The van der Waals surface area contributed by atoms with Gasteiger partial charge >= 0.3 is 0 Å². The molecule has 1 amide bonds. The number of para-hydroxylation sites is 1. The van der Waals surface area contributed by atoms with E-state index in [-0.39, 0.29) is 16.7 Å². The highest BCUT2D eigenvalue weighted by atomic mass is 32.2. The number of aryl methyl sites for hydroxylation is 1. The number of fused-ring (bicyclic) bond motifs is 3. The van der Waals surface area contributed by atoms with Crippen molar-refractivity contribution in [3.8, 4) is 5.69 Å². The van der Waals surface area contributed by atoms with E-state index in [4.69, 9.17) is 0 Å². The van der Waals surface area contributed by atoms with E-state index in [9.17, 15) is 9.59 Å². The molecule has 7 nitrogen and oxygen atoms in total. The Kier molecular flexibility index (Phi) is 5.02. The number of nitrogens with zero attached hydrogens (tertiary/aromatic N) is 4. The van der Waals surface area contributed by atoms with Crippen LogP contribution in [0.15, 0.2) is 52.4 Å². The zero-order valence-corrected chi connectivity index (χ0v) is 18.3. The largest absolute Gasteiger partial charge is 0.355 e. The van der Waals surface area contributed by atoms with Gasteiger partial charge in [0, 0.05) is 6.54 Å². The molecule has 158 valence electrons. The van der Waals surface area contributed by atoms with Crippen molar-refractivity contribution in [2.75, 3.05) is 6.54 Å². The molecule has 2 aromatic carbocycles. The summed E-state index contributed by atoms with van der Waals surface area (Å²) in [6.45, 7) is 4.74. The van der Waals surface area contributed by atoms with E-state index >= 15 is 0 Å². The van der Waals surface area contributed by atoms with Crippen molar-refractivity contribution in [1.29, 1.82) is 0 Å². The zero-order chi connectivity index (χ0) is 21.5. The number of aromatic nitrogens is 4. The first kappa shape index (κ1) is 19.8. The van der Waals surface area contributed by atoms with Crippen molar-refractivity contribution in [2.24, 2.45) is 0 Å². The number of carbonyl (C=O) groups excluding carboxylic acids is 1. The first-order chi connectivity index (χ1) is 15.1. The number of nitrogens with one attached hydrogen (secondary N) is 1. The number of benzene rings is 2. The van der Waals surface area contributed by atoms with Crippen LogP contribution in [0.1, 0.15) is 30.4 Å². The van der Waals surface area contributed by atoms with Crippen molar-refractivity contribution >= 4 is 34.3 Å². The summed E-state index contributed by atoms with van der Waals surface area (Å²) >= 11 is 1.42. The summed E-state index contributed by atoms with van der Waals surface area (Å²) in [4.78, 5) is 26.0. The number of thioether (sulfide) groups is 1. The van der Waals surface area contributed by atoms with E-state index in [0.29, 0.717) is 22.9 Å². The van der Waals surface area contributed by atoms with Crippen molar-refractivity contribution in [3.63, 3.8) is 0 Å². The second kappa shape index (κ2) is 7.85. The third-order valence-electron chi connectivity index (χ3n) is 5.94. The molecule has 31 heavy (non-hydrogen) atoms. The highest BCUT2D eigenvalue weighted by molar-refractivity contribution is 8.00. The number of hydrogen-bond donors (Lipinski definition) is 1. The Balaban J connectivity index is 1.77. The SMILES string of the molecule is Cc1cccc(-n2c(=O)c3ccccc3n3c(SC4CCCCNC4=O)nnc23)c1C. The Bertz CT molecular complexity index is 1370. The molecule has 0 spiro atoms. The maximum Gasteiger partial charge on any atom is 0.267 e. The summed E-state index contributed by atoms with van der Waals surface area (Å²) in [5.74, 6) is 0.486. The third-order valence-corrected chi connectivity index (χ3v) is 7.15. The van der Waals surface area contributed by atoms with Gasteiger partial charge in [-0.05, 0) is 56.0 Å². The van der Waals surface area contributed by atoms with Crippen LogP contribution in [0.25, 0.3) is 22.4 Å². The molecule has 1 aliphatic heterocycles. The minimum absolute atomic E-state index is 0.0337. The number of hydrogen-bond acceptors (Lipinski definition) is 5. The van der Waals surface area contributed by atoms with Gasteiger partial charge in [-0.2, -0.15) is 0 Å². The smallest absolute Gasteiger partial charge is 0.267 e. The molecule has 1 atom stereocenters. The molecule has 1 unspecified atom stereocenters. The van der Waals surface area contributed by atoms with Gasteiger partial charge in [-0.15, -0.1) is 10.2 Å². The van der Waals surface area contributed by atoms with E-state index in [2.05, 4.69) is 15.5 Å². The van der Waals surface area contributed by atoms with E-state index in [0.717, 1.165) is 41.6 Å². The zero-order valence-electron chi connectivity index (χ0n) is 17.5. The standard InChI is InChI=1S/C23H23N5O2S/c1-14-8-7-11-17(15(14)2)27-21(30)16-9-3-4-10-18(16)28-22(27)25-26-23(28)31-19-12-5-6-13-24-20(19)29/h3-4,7-11,19H,5-6,12-13H2,1-2H3,(H,24,29). The molecule has 0 aliphatic carbocycles. The number of amides is 1. The lowest BCUT2D eigenvalue weighted by molar-refractivity contribution is -0.120. The summed E-state index contributed by atoms with van der Waals surface area (Å²) in [7, 11) is 0.